The number of ether oxygens (including phenoxy) is 3. The number of carbonyl (C=O) groups is 2. The van der Waals surface area contributed by atoms with Gasteiger partial charge in [-0.3, -0.25) is 14.5 Å². The summed E-state index contributed by atoms with van der Waals surface area (Å²) in [4.78, 5) is 33.9. The van der Waals surface area contributed by atoms with Crippen molar-refractivity contribution in [1.82, 2.24) is 4.98 Å². The highest BCUT2D eigenvalue weighted by atomic mass is 32.1. The normalized spacial score (nSPS) is 19.1. The number of fused-ring (bicyclic) bond motifs is 2. The van der Waals surface area contributed by atoms with Crippen LogP contribution >= 0.6 is 11.3 Å². The molecule has 3 aromatic carbocycles. The molecule has 2 aliphatic rings. The zero-order valence-corrected chi connectivity index (χ0v) is 25.7. The van der Waals surface area contributed by atoms with Crippen LogP contribution in [0.5, 0.6) is 17.2 Å². The minimum Gasteiger partial charge on any atom is -0.507 e. The number of aliphatic hydroxyl groups is 1. The van der Waals surface area contributed by atoms with E-state index in [1.807, 2.05) is 58.9 Å². The predicted molar refractivity (Wildman–Crippen MR) is 168 cm³/mol. The van der Waals surface area contributed by atoms with E-state index in [4.69, 9.17) is 19.2 Å². The number of benzene rings is 3. The van der Waals surface area contributed by atoms with E-state index in [1.54, 1.807) is 24.3 Å². The van der Waals surface area contributed by atoms with E-state index in [9.17, 15) is 14.7 Å². The minimum atomic E-state index is -0.940. The first kappa shape index (κ1) is 28.7. The third-order valence-electron chi connectivity index (χ3n) is 7.68. The third kappa shape index (κ3) is 5.12. The largest absolute Gasteiger partial charge is 0.507 e. The summed E-state index contributed by atoms with van der Waals surface area (Å²) < 4.78 is 18.6. The van der Waals surface area contributed by atoms with E-state index < -0.39 is 17.7 Å². The summed E-state index contributed by atoms with van der Waals surface area (Å²) in [6.45, 7) is 10.8. The van der Waals surface area contributed by atoms with E-state index in [2.05, 4.69) is 0 Å². The summed E-state index contributed by atoms with van der Waals surface area (Å²) in [5, 5.41) is 12.1. The van der Waals surface area contributed by atoms with Crippen LogP contribution in [-0.4, -0.2) is 41.1 Å². The van der Waals surface area contributed by atoms with Gasteiger partial charge in [-0.05, 0) is 92.8 Å². The average Bonchev–Trinajstić information content (AvgIpc) is 3.64. The highest BCUT2D eigenvalue weighted by Crippen LogP contribution is 2.46. The van der Waals surface area contributed by atoms with Gasteiger partial charge in [0.25, 0.3) is 5.78 Å². The number of anilines is 1. The van der Waals surface area contributed by atoms with E-state index in [0.717, 1.165) is 39.1 Å². The Morgan fingerprint density at radius 2 is 1.88 bits per heavy atom. The van der Waals surface area contributed by atoms with Crippen LogP contribution in [0.15, 0.2) is 54.1 Å². The van der Waals surface area contributed by atoms with Gasteiger partial charge >= 0.3 is 5.91 Å². The number of amides is 1. The van der Waals surface area contributed by atoms with Crippen molar-refractivity contribution in [2.45, 2.75) is 59.6 Å². The van der Waals surface area contributed by atoms with Gasteiger partial charge in [-0.1, -0.05) is 30.4 Å². The van der Waals surface area contributed by atoms with Crippen LogP contribution in [-0.2, 0) is 16.0 Å². The molecule has 6 rings (SSSR count). The molecule has 0 radical (unpaired) electrons. The van der Waals surface area contributed by atoms with Gasteiger partial charge in [0.2, 0.25) is 0 Å². The number of Topliss-reactive ketones (excluding diaryl/α,β-unsaturated/α-hetero) is 1. The number of aliphatic hydroxyl groups excluding tert-OH is 1. The van der Waals surface area contributed by atoms with Crippen molar-refractivity contribution in [2.75, 3.05) is 18.1 Å². The molecule has 1 aromatic heterocycles. The van der Waals surface area contributed by atoms with Crippen LogP contribution in [0.4, 0.5) is 5.13 Å². The van der Waals surface area contributed by atoms with Crippen LogP contribution in [0.25, 0.3) is 16.0 Å². The lowest BCUT2D eigenvalue weighted by molar-refractivity contribution is -0.132. The number of hydrogen-bond acceptors (Lipinski definition) is 8. The molecule has 43 heavy (non-hydrogen) atoms. The topological polar surface area (TPSA) is 98.2 Å². The Bertz CT molecular complexity index is 1790. The van der Waals surface area contributed by atoms with Gasteiger partial charge < -0.3 is 19.3 Å². The Balaban J connectivity index is 1.54. The molecule has 222 valence electrons. The summed E-state index contributed by atoms with van der Waals surface area (Å²) in [5.74, 6) is 0.0592. The molecule has 1 fully saturated rings. The Kier molecular flexibility index (Phi) is 7.60. The highest BCUT2D eigenvalue weighted by Gasteiger charge is 2.48. The number of ketones is 1. The van der Waals surface area contributed by atoms with Crippen molar-refractivity contribution in [3.63, 3.8) is 0 Å². The van der Waals surface area contributed by atoms with Gasteiger partial charge in [-0.25, -0.2) is 4.98 Å². The maximum absolute atomic E-state index is 13.8. The molecule has 0 spiro atoms. The molecule has 2 unspecified atom stereocenters. The first-order chi connectivity index (χ1) is 20.7. The lowest BCUT2D eigenvalue weighted by Crippen LogP contribution is -2.29. The molecule has 8 nitrogen and oxygen atoms in total. The van der Waals surface area contributed by atoms with E-state index >= 15 is 0 Å². The fourth-order valence-corrected chi connectivity index (χ4v) is 6.99. The van der Waals surface area contributed by atoms with Crippen LogP contribution < -0.4 is 19.1 Å². The zero-order chi connectivity index (χ0) is 30.4. The monoisotopic (exact) mass is 598 g/mol. The molecule has 1 N–H and O–H groups in total. The standard InChI is InChI=1S/C34H34N2O6S/c1-6-12-41-25-11-8-21(17-26(25)40-7-2)30-28(31(37)22-9-10-24-23(16-22)15-20(5)42-24)32(38)33(39)36(30)34-35-29-19(4)13-18(3)14-27(29)43-34/h8-11,13-14,16-17,20,30,37H,6-7,12,15H2,1-5H3. The van der Waals surface area contributed by atoms with E-state index in [-0.39, 0.29) is 17.4 Å². The van der Waals surface area contributed by atoms with Gasteiger partial charge in [-0.2, -0.15) is 0 Å². The quantitative estimate of drug-likeness (QED) is 0.132. The smallest absolute Gasteiger partial charge is 0.301 e. The molecule has 2 aliphatic heterocycles. The van der Waals surface area contributed by atoms with Crippen molar-refractivity contribution in [3.8, 4) is 17.2 Å². The number of aromatic nitrogens is 1. The molecular formula is C34H34N2O6S. The molecule has 0 bridgehead atoms. The lowest BCUT2D eigenvalue weighted by Gasteiger charge is -2.24. The molecule has 0 aliphatic carbocycles. The molecular weight excluding hydrogens is 564 g/mol. The summed E-state index contributed by atoms with van der Waals surface area (Å²) in [6, 6.07) is 13.8. The second-order valence-corrected chi connectivity index (χ2v) is 12.0. The molecule has 4 aromatic rings. The Morgan fingerprint density at radius 1 is 1.07 bits per heavy atom. The van der Waals surface area contributed by atoms with E-state index in [0.29, 0.717) is 47.4 Å². The summed E-state index contributed by atoms with van der Waals surface area (Å²) >= 11 is 1.35. The molecule has 3 heterocycles. The van der Waals surface area contributed by atoms with Crippen molar-refractivity contribution < 1.29 is 28.9 Å². The zero-order valence-electron chi connectivity index (χ0n) is 24.9. The van der Waals surface area contributed by atoms with Crippen LogP contribution in [0, 0.1) is 13.8 Å². The predicted octanol–water partition coefficient (Wildman–Crippen LogP) is 7.05. The van der Waals surface area contributed by atoms with Crippen LogP contribution in [0.1, 0.15) is 61.1 Å². The highest BCUT2D eigenvalue weighted by molar-refractivity contribution is 7.22. The number of rotatable bonds is 8. The maximum atomic E-state index is 13.8. The lowest BCUT2D eigenvalue weighted by atomic mass is 9.94. The number of thiazole rings is 1. The van der Waals surface area contributed by atoms with Crippen LogP contribution in [0.3, 0.4) is 0 Å². The van der Waals surface area contributed by atoms with Crippen molar-refractivity contribution in [3.05, 3.63) is 81.9 Å². The van der Waals surface area contributed by atoms with Crippen molar-refractivity contribution in [2.24, 2.45) is 0 Å². The molecule has 2 atom stereocenters. The van der Waals surface area contributed by atoms with Crippen LogP contribution in [0.2, 0.25) is 0 Å². The third-order valence-corrected chi connectivity index (χ3v) is 8.69. The number of nitrogens with zero attached hydrogens (tertiary/aromatic N) is 2. The van der Waals surface area contributed by atoms with Gasteiger partial charge in [0.1, 0.15) is 17.6 Å². The molecule has 1 saturated heterocycles. The number of hydrogen-bond donors (Lipinski definition) is 1. The fraction of sp³-hybridized carbons (Fsp3) is 0.324. The van der Waals surface area contributed by atoms with Gasteiger partial charge in [0.05, 0.1) is 35.0 Å². The minimum absolute atomic E-state index is 0.00579. The first-order valence-electron chi connectivity index (χ1n) is 14.6. The van der Waals surface area contributed by atoms with Gasteiger partial charge in [-0.15, -0.1) is 0 Å². The number of carbonyl (C=O) groups excluding carboxylic acids is 2. The second kappa shape index (κ2) is 11.4. The molecule has 1 amide bonds. The van der Waals surface area contributed by atoms with Crippen molar-refractivity contribution >= 4 is 44.1 Å². The first-order valence-corrected chi connectivity index (χ1v) is 15.4. The Morgan fingerprint density at radius 3 is 2.65 bits per heavy atom. The Labute approximate surface area is 254 Å². The number of aryl methyl sites for hydroxylation is 2. The van der Waals surface area contributed by atoms with Crippen molar-refractivity contribution in [1.29, 1.82) is 0 Å². The molecule has 0 saturated carbocycles. The summed E-state index contributed by atoms with van der Waals surface area (Å²) in [7, 11) is 0. The summed E-state index contributed by atoms with van der Waals surface area (Å²) in [5.41, 5.74) is 4.82. The summed E-state index contributed by atoms with van der Waals surface area (Å²) in [6.07, 6.45) is 1.54. The second-order valence-electron chi connectivity index (χ2n) is 11.0. The van der Waals surface area contributed by atoms with E-state index in [1.165, 1.54) is 16.2 Å². The fourth-order valence-electron chi connectivity index (χ4n) is 5.83. The average molecular weight is 599 g/mol. The Hall–Kier alpha value is -4.37. The SMILES string of the molecule is CCCOc1ccc(C2C(=C(O)c3ccc4c(c3)CC(C)O4)C(=O)C(=O)N2c2nc3c(C)cc(C)cc3s2)cc1OCC. The van der Waals surface area contributed by atoms with Gasteiger partial charge in [0, 0.05) is 12.0 Å². The van der Waals surface area contributed by atoms with Gasteiger partial charge in [0.15, 0.2) is 16.6 Å². The molecule has 9 heteroatoms. The maximum Gasteiger partial charge on any atom is 0.301 e.